The van der Waals surface area contributed by atoms with Gasteiger partial charge in [-0.15, -0.1) is 0 Å². The molecule has 1 aromatic heterocycles. The van der Waals surface area contributed by atoms with E-state index in [0.29, 0.717) is 18.6 Å². The van der Waals surface area contributed by atoms with Gasteiger partial charge in [-0.05, 0) is 32.9 Å². The highest BCUT2D eigenvalue weighted by Gasteiger charge is 2.16. The molecule has 0 amide bonds. The highest BCUT2D eigenvalue weighted by molar-refractivity contribution is 5.90. The Morgan fingerprint density at radius 2 is 2.00 bits per heavy atom. The number of para-hydroxylation sites is 1. The standard InChI is InChI=1S/C16H24N4O/c1-5-17-16-18-14-9-7-6-8-13(14)15(19-16)20(12(2)3)10-11-21-4/h6-9,12H,5,10-11H2,1-4H3,(H,17,18,19). The smallest absolute Gasteiger partial charge is 0.225 e. The van der Waals surface area contributed by atoms with E-state index in [4.69, 9.17) is 9.72 Å². The van der Waals surface area contributed by atoms with E-state index in [1.54, 1.807) is 7.11 Å². The van der Waals surface area contributed by atoms with Gasteiger partial charge in [0.1, 0.15) is 5.82 Å². The monoisotopic (exact) mass is 288 g/mol. The van der Waals surface area contributed by atoms with E-state index in [2.05, 4.69) is 35.1 Å². The third-order valence-corrected chi connectivity index (χ3v) is 3.35. The minimum atomic E-state index is 0.341. The van der Waals surface area contributed by atoms with Gasteiger partial charge in [0.2, 0.25) is 5.95 Å². The van der Waals surface area contributed by atoms with E-state index >= 15 is 0 Å². The van der Waals surface area contributed by atoms with Crippen LogP contribution in [0.4, 0.5) is 11.8 Å². The van der Waals surface area contributed by atoms with Gasteiger partial charge in [0.15, 0.2) is 0 Å². The Morgan fingerprint density at radius 3 is 2.67 bits per heavy atom. The van der Waals surface area contributed by atoms with Crippen LogP contribution < -0.4 is 10.2 Å². The van der Waals surface area contributed by atoms with Crippen molar-refractivity contribution in [2.45, 2.75) is 26.8 Å². The van der Waals surface area contributed by atoms with Crippen LogP contribution in [0.2, 0.25) is 0 Å². The van der Waals surface area contributed by atoms with Gasteiger partial charge in [-0.3, -0.25) is 0 Å². The molecule has 0 radical (unpaired) electrons. The van der Waals surface area contributed by atoms with Crippen molar-refractivity contribution in [3.8, 4) is 0 Å². The largest absolute Gasteiger partial charge is 0.383 e. The SMILES string of the molecule is CCNc1nc(N(CCOC)C(C)C)c2ccccc2n1. The zero-order chi connectivity index (χ0) is 15.2. The van der Waals surface area contributed by atoms with E-state index in [0.717, 1.165) is 29.8 Å². The molecule has 114 valence electrons. The zero-order valence-corrected chi connectivity index (χ0v) is 13.3. The van der Waals surface area contributed by atoms with Crippen LogP contribution in [0, 0.1) is 0 Å². The number of hydrogen-bond donors (Lipinski definition) is 1. The number of nitrogens with one attached hydrogen (secondary N) is 1. The van der Waals surface area contributed by atoms with Crippen LogP contribution in [0.15, 0.2) is 24.3 Å². The molecule has 5 nitrogen and oxygen atoms in total. The highest BCUT2D eigenvalue weighted by atomic mass is 16.5. The Kier molecular flexibility index (Phi) is 5.33. The lowest BCUT2D eigenvalue weighted by Gasteiger charge is -2.29. The van der Waals surface area contributed by atoms with Crippen LogP contribution in [0.25, 0.3) is 10.9 Å². The summed E-state index contributed by atoms with van der Waals surface area (Å²) in [5, 5.41) is 4.28. The summed E-state index contributed by atoms with van der Waals surface area (Å²) in [6.45, 7) is 8.66. The molecule has 0 aliphatic rings. The number of nitrogens with zero attached hydrogens (tertiary/aromatic N) is 3. The summed E-state index contributed by atoms with van der Waals surface area (Å²) in [7, 11) is 1.72. The first-order valence-electron chi connectivity index (χ1n) is 7.43. The summed E-state index contributed by atoms with van der Waals surface area (Å²) in [4.78, 5) is 11.5. The Labute approximate surface area is 126 Å². The number of ether oxygens (including phenoxy) is 1. The highest BCUT2D eigenvalue weighted by Crippen LogP contribution is 2.26. The number of benzene rings is 1. The molecule has 0 spiro atoms. The molecular formula is C16H24N4O. The number of rotatable bonds is 7. The fraction of sp³-hybridized carbons (Fsp3) is 0.500. The van der Waals surface area contributed by atoms with E-state index in [1.807, 2.05) is 25.1 Å². The minimum absolute atomic E-state index is 0.341. The molecule has 0 bridgehead atoms. The molecule has 0 unspecified atom stereocenters. The molecule has 0 atom stereocenters. The van der Waals surface area contributed by atoms with Crippen molar-refractivity contribution in [1.82, 2.24) is 9.97 Å². The predicted molar refractivity (Wildman–Crippen MR) is 88.1 cm³/mol. The summed E-state index contributed by atoms with van der Waals surface area (Å²) in [6, 6.07) is 8.47. The van der Waals surface area contributed by atoms with Crippen molar-refractivity contribution in [3.63, 3.8) is 0 Å². The van der Waals surface area contributed by atoms with Crippen molar-refractivity contribution in [3.05, 3.63) is 24.3 Å². The predicted octanol–water partition coefficient (Wildman–Crippen LogP) is 2.92. The lowest BCUT2D eigenvalue weighted by atomic mass is 10.2. The second-order valence-corrected chi connectivity index (χ2v) is 5.20. The van der Waals surface area contributed by atoms with Crippen LogP contribution in [0.3, 0.4) is 0 Å². The third-order valence-electron chi connectivity index (χ3n) is 3.35. The van der Waals surface area contributed by atoms with Gasteiger partial charge in [-0.1, -0.05) is 12.1 Å². The molecule has 1 aromatic carbocycles. The fourth-order valence-corrected chi connectivity index (χ4v) is 2.31. The Balaban J connectivity index is 2.52. The van der Waals surface area contributed by atoms with Crippen molar-refractivity contribution in [2.75, 3.05) is 37.0 Å². The Hall–Kier alpha value is -1.88. The number of hydrogen-bond acceptors (Lipinski definition) is 5. The maximum atomic E-state index is 5.23. The quantitative estimate of drug-likeness (QED) is 0.849. The zero-order valence-electron chi connectivity index (χ0n) is 13.3. The lowest BCUT2D eigenvalue weighted by Crippen LogP contribution is -2.35. The van der Waals surface area contributed by atoms with E-state index in [-0.39, 0.29) is 0 Å². The molecule has 2 aromatic rings. The summed E-state index contributed by atoms with van der Waals surface area (Å²) in [5.74, 6) is 1.64. The Morgan fingerprint density at radius 1 is 1.24 bits per heavy atom. The van der Waals surface area contributed by atoms with E-state index in [1.165, 1.54) is 0 Å². The normalized spacial score (nSPS) is 11.1. The molecule has 0 aliphatic carbocycles. The first-order chi connectivity index (χ1) is 10.2. The molecule has 0 saturated carbocycles. The molecule has 0 aliphatic heterocycles. The fourth-order valence-electron chi connectivity index (χ4n) is 2.31. The van der Waals surface area contributed by atoms with Gasteiger partial charge in [0, 0.05) is 31.6 Å². The van der Waals surface area contributed by atoms with E-state index in [9.17, 15) is 0 Å². The first-order valence-corrected chi connectivity index (χ1v) is 7.43. The maximum Gasteiger partial charge on any atom is 0.225 e. The number of fused-ring (bicyclic) bond motifs is 1. The van der Waals surface area contributed by atoms with Crippen molar-refractivity contribution in [2.24, 2.45) is 0 Å². The van der Waals surface area contributed by atoms with Gasteiger partial charge >= 0.3 is 0 Å². The van der Waals surface area contributed by atoms with Crippen LogP contribution in [-0.4, -0.2) is 42.8 Å². The summed E-state index contributed by atoms with van der Waals surface area (Å²) in [6.07, 6.45) is 0. The molecular weight excluding hydrogens is 264 g/mol. The molecule has 0 fully saturated rings. The topological polar surface area (TPSA) is 50.3 Å². The van der Waals surface area contributed by atoms with Gasteiger partial charge in [0.05, 0.1) is 12.1 Å². The molecule has 1 heterocycles. The average Bonchev–Trinajstić information content (AvgIpc) is 2.47. The third kappa shape index (κ3) is 3.61. The number of anilines is 2. The van der Waals surface area contributed by atoms with Crippen LogP contribution >= 0.6 is 0 Å². The summed E-state index contributed by atoms with van der Waals surface area (Å²) >= 11 is 0. The first kappa shape index (κ1) is 15.5. The van der Waals surface area contributed by atoms with Gasteiger partial charge in [-0.2, -0.15) is 4.98 Å². The second-order valence-electron chi connectivity index (χ2n) is 5.20. The molecule has 5 heteroatoms. The van der Waals surface area contributed by atoms with Crippen LogP contribution in [0.1, 0.15) is 20.8 Å². The summed E-state index contributed by atoms with van der Waals surface area (Å²) < 4.78 is 5.23. The number of aromatic nitrogens is 2. The van der Waals surface area contributed by atoms with Crippen molar-refractivity contribution < 1.29 is 4.74 Å². The van der Waals surface area contributed by atoms with Gasteiger partial charge in [0.25, 0.3) is 0 Å². The van der Waals surface area contributed by atoms with Crippen LogP contribution in [-0.2, 0) is 4.74 Å². The molecule has 0 saturated heterocycles. The average molecular weight is 288 g/mol. The Bertz CT molecular complexity index is 585. The number of methoxy groups -OCH3 is 1. The second kappa shape index (κ2) is 7.22. The van der Waals surface area contributed by atoms with Crippen molar-refractivity contribution in [1.29, 1.82) is 0 Å². The van der Waals surface area contributed by atoms with Crippen LogP contribution in [0.5, 0.6) is 0 Å². The van der Waals surface area contributed by atoms with Gasteiger partial charge in [-0.25, -0.2) is 4.98 Å². The molecule has 2 rings (SSSR count). The molecule has 21 heavy (non-hydrogen) atoms. The molecule has 1 N–H and O–H groups in total. The van der Waals surface area contributed by atoms with E-state index < -0.39 is 0 Å². The minimum Gasteiger partial charge on any atom is -0.383 e. The summed E-state index contributed by atoms with van der Waals surface area (Å²) in [5.41, 5.74) is 0.960. The van der Waals surface area contributed by atoms with Gasteiger partial charge < -0.3 is 15.0 Å². The maximum absolute atomic E-state index is 5.23. The van der Waals surface area contributed by atoms with Crippen molar-refractivity contribution >= 4 is 22.7 Å². The lowest BCUT2D eigenvalue weighted by molar-refractivity contribution is 0.203.